The molecule has 3 aromatic rings. The number of fused-ring (bicyclic) bond motifs is 1. The van der Waals surface area contributed by atoms with Gasteiger partial charge in [0.1, 0.15) is 47.7 Å². The molecule has 0 amide bonds. The molecule has 0 aliphatic carbocycles. The van der Waals surface area contributed by atoms with Crippen LogP contribution in [0.25, 0.3) is 5.52 Å². The number of rotatable bonds is 30. The van der Waals surface area contributed by atoms with E-state index in [1.807, 2.05) is 0 Å². The van der Waals surface area contributed by atoms with Crippen LogP contribution in [0.2, 0.25) is 0 Å². The quantitative estimate of drug-likeness (QED) is 0.0386. The number of aromatic nitrogens is 3. The molecule has 334 valence electrons. The highest BCUT2D eigenvalue weighted by Crippen LogP contribution is 2.47. The molecule has 18 heteroatoms. The first-order chi connectivity index (χ1) is 28.1. The highest BCUT2D eigenvalue weighted by atomic mass is 32.2. The summed E-state index contributed by atoms with van der Waals surface area (Å²) in [5, 5.41) is 26.1. The van der Waals surface area contributed by atoms with Gasteiger partial charge in [-0.05, 0) is 49.2 Å². The molecule has 5 N–H and O–H groups in total. The Morgan fingerprint density at radius 3 is 2.14 bits per heavy atom. The van der Waals surface area contributed by atoms with Gasteiger partial charge in [-0.2, -0.15) is 5.10 Å². The van der Waals surface area contributed by atoms with Crippen LogP contribution in [-0.2, 0) is 49.9 Å². The standard InChI is InChI=1S/C41H66FN4O11PS/c1-4-5-6-7-8-9-10-11-12-13-14-15-16-17-18-19-22-53-27-33(28-54-26-31-23-32(42)25-34(24-31)59(3,51)52)57-58(49,50)55-29-36-38(47)39(48)41(2,56-36)37-21-20-35-40(43)44-30-45-46(35)37/h20-21,23-25,30,33,36,38-39,47-48H,4-19,22,26-29H2,1-3H3,(H,49,50)(H2,43,44,45)/t33-,36-,38-,39-,41+/m1/s1. The lowest BCUT2D eigenvalue weighted by Gasteiger charge is -2.27. The largest absolute Gasteiger partial charge is 0.472 e. The minimum Gasteiger partial charge on any atom is -0.387 e. The Kier molecular flexibility index (Phi) is 20.1. The Hall–Kier alpha value is -2.57. The molecule has 0 radical (unpaired) electrons. The molecular weight excluding hydrogens is 807 g/mol. The third-order valence-corrected chi connectivity index (χ3v) is 12.8. The van der Waals surface area contributed by atoms with Crippen molar-refractivity contribution in [3.8, 4) is 0 Å². The van der Waals surface area contributed by atoms with E-state index in [1.54, 1.807) is 12.1 Å². The summed E-state index contributed by atoms with van der Waals surface area (Å²) in [7, 11) is -8.54. The van der Waals surface area contributed by atoms with Gasteiger partial charge in [0, 0.05) is 12.9 Å². The van der Waals surface area contributed by atoms with Crippen molar-refractivity contribution in [1.82, 2.24) is 14.6 Å². The van der Waals surface area contributed by atoms with Crippen LogP contribution in [0, 0.1) is 5.82 Å². The summed E-state index contributed by atoms with van der Waals surface area (Å²) in [5.41, 5.74) is 5.50. The number of ether oxygens (including phenoxy) is 3. The third kappa shape index (κ3) is 15.7. The van der Waals surface area contributed by atoms with Gasteiger partial charge in [-0.25, -0.2) is 26.9 Å². The number of halogens is 1. The van der Waals surface area contributed by atoms with E-state index >= 15 is 0 Å². The smallest absolute Gasteiger partial charge is 0.387 e. The lowest BCUT2D eigenvalue weighted by atomic mass is 9.93. The van der Waals surface area contributed by atoms with E-state index < -0.39 is 60.1 Å². The summed E-state index contributed by atoms with van der Waals surface area (Å²) in [6, 6.07) is 6.59. The number of nitrogen functional groups attached to an aromatic ring is 1. The molecule has 0 bridgehead atoms. The third-order valence-electron chi connectivity index (χ3n) is 10.7. The summed E-state index contributed by atoms with van der Waals surface area (Å²) in [6.07, 6.45) is 16.7. The fourth-order valence-electron chi connectivity index (χ4n) is 7.35. The summed E-state index contributed by atoms with van der Waals surface area (Å²) in [4.78, 5) is 14.5. The van der Waals surface area contributed by atoms with Crippen molar-refractivity contribution in [1.29, 1.82) is 0 Å². The molecule has 0 spiro atoms. The maximum absolute atomic E-state index is 14.2. The van der Waals surface area contributed by atoms with Crippen molar-refractivity contribution < 1.29 is 55.7 Å². The molecule has 0 saturated carbocycles. The number of sulfone groups is 1. The maximum Gasteiger partial charge on any atom is 0.472 e. The molecule has 59 heavy (non-hydrogen) atoms. The highest BCUT2D eigenvalue weighted by molar-refractivity contribution is 7.90. The first-order valence-electron chi connectivity index (χ1n) is 21.1. The Morgan fingerprint density at radius 1 is 0.932 bits per heavy atom. The lowest BCUT2D eigenvalue weighted by molar-refractivity contribution is -0.0907. The predicted molar refractivity (Wildman–Crippen MR) is 222 cm³/mol. The van der Waals surface area contributed by atoms with Gasteiger partial charge >= 0.3 is 7.82 Å². The van der Waals surface area contributed by atoms with Crippen molar-refractivity contribution in [2.24, 2.45) is 0 Å². The molecule has 15 nitrogen and oxygen atoms in total. The van der Waals surface area contributed by atoms with Gasteiger partial charge in [0.05, 0.1) is 37.0 Å². The van der Waals surface area contributed by atoms with Gasteiger partial charge in [0.2, 0.25) is 0 Å². The van der Waals surface area contributed by atoms with Gasteiger partial charge in [0.25, 0.3) is 0 Å². The molecule has 1 unspecified atom stereocenters. The second-order valence-electron chi connectivity index (χ2n) is 15.8. The second-order valence-corrected chi connectivity index (χ2v) is 19.2. The molecule has 6 atom stereocenters. The number of phosphoric ester groups is 1. The number of aliphatic hydroxyl groups excluding tert-OH is 2. The van der Waals surface area contributed by atoms with E-state index in [9.17, 15) is 32.5 Å². The monoisotopic (exact) mass is 872 g/mol. The molecule has 1 fully saturated rings. The predicted octanol–water partition coefficient (Wildman–Crippen LogP) is 7.19. The molecule has 1 aliphatic rings. The van der Waals surface area contributed by atoms with Crippen molar-refractivity contribution >= 4 is 29.0 Å². The number of anilines is 1. The van der Waals surface area contributed by atoms with Crippen LogP contribution < -0.4 is 5.73 Å². The molecule has 3 heterocycles. The topological polar surface area (TPSA) is 214 Å². The fraction of sp³-hybridized carbons (Fsp3) is 0.707. The zero-order valence-electron chi connectivity index (χ0n) is 34.9. The van der Waals surface area contributed by atoms with E-state index in [-0.39, 0.29) is 36.1 Å². The lowest BCUT2D eigenvalue weighted by Crippen LogP contribution is -2.39. The van der Waals surface area contributed by atoms with E-state index in [2.05, 4.69) is 17.0 Å². The Morgan fingerprint density at radius 2 is 1.53 bits per heavy atom. The van der Waals surface area contributed by atoms with Gasteiger partial charge in [0.15, 0.2) is 15.7 Å². The first kappa shape index (κ1) is 49.1. The molecule has 1 aromatic carbocycles. The van der Waals surface area contributed by atoms with Crippen LogP contribution >= 0.6 is 7.82 Å². The normalized spacial score (nSPS) is 21.3. The number of benzene rings is 1. The van der Waals surface area contributed by atoms with Gasteiger partial charge in [-0.1, -0.05) is 103 Å². The number of phosphoric acid groups is 1. The summed E-state index contributed by atoms with van der Waals surface area (Å²) in [6.45, 7) is 2.88. The van der Waals surface area contributed by atoms with E-state index in [0.717, 1.165) is 44.1 Å². The van der Waals surface area contributed by atoms with Crippen molar-refractivity contribution in [2.75, 3.05) is 38.4 Å². The SMILES string of the molecule is CCCCCCCCCCCCCCCCCCOC[C@H](COCc1cc(F)cc(S(C)(=O)=O)c1)OP(=O)(O)OC[C@H]1O[C@@](C)(c2ccc3c(N)ncnn23)[C@H](O)[C@@H]1O. The molecule has 1 saturated heterocycles. The van der Waals surface area contributed by atoms with E-state index in [1.165, 1.54) is 101 Å². The van der Waals surface area contributed by atoms with Crippen LogP contribution in [0.1, 0.15) is 128 Å². The van der Waals surface area contributed by atoms with Crippen molar-refractivity contribution in [3.05, 3.63) is 53.7 Å². The van der Waals surface area contributed by atoms with Gasteiger partial charge in [-0.3, -0.25) is 9.05 Å². The molecular formula is C41H66FN4O11PS. The van der Waals surface area contributed by atoms with Gasteiger partial charge in [-0.15, -0.1) is 0 Å². The average molecular weight is 873 g/mol. The summed E-state index contributed by atoms with van der Waals surface area (Å²) < 4.78 is 81.2. The van der Waals surface area contributed by atoms with Crippen LogP contribution in [0.15, 0.2) is 41.6 Å². The zero-order valence-corrected chi connectivity index (χ0v) is 36.6. The number of hydrogen-bond donors (Lipinski definition) is 4. The van der Waals surface area contributed by atoms with E-state index in [4.69, 9.17) is 29.0 Å². The average Bonchev–Trinajstić information content (AvgIpc) is 3.72. The van der Waals surface area contributed by atoms with Crippen molar-refractivity contribution in [2.45, 2.75) is 158 Å². The minimum absolute atomic E-state index is 0.143. The zero-order chi connectivity index (χ0) is 42.9. The molecule has 4 rings (SSSR count). The van der Waals surface area contributed by atoms with Crippen LogP contribution in [0.5, 0.6) is 0 Å². The Bertz CT molecular complexity index is 1870. The Balaban J connectivity index is 1.23. The van der Waals surface area contributed by atoms with Gasteiger partial charge < -0.3 is 35.1 Å². The van der Waals surface area contributed by atoms with Crippen LogP contribution in [0.4, 0.5) is 10.2 Å². The Labute approximate surface area is 348 Å². The first-order valence-corrected chi connectivity index (χ1v) is 24.5. The summed E-state index contributed by atoms with van der Waals surface area (Å²) >= 11 is 0. The summed E-state index contributed by atoms with van der Waals surface area (Å²) in [5.74, 6) is -0.557. The van der Waals surface area contributed by atoms with Crippen LogP contribution in [-0.4, -0.2) is 95.2 Å². The second kappa shape index (κ2) is 24.2. The minimum atomic E-state index is -4.85. The maximum atomic E-state index is 14.2. The number of unbranched alkanes of at least 4 members (excludes halogenated alkanes) is 15. The van der Waals surface area contributed by atoms with Crippen molar-refractivity contribution in [3.63, 3.8) is 0 Å². The fourth-order valence-corrected chi connectivity index (χ4v) is 8.93. The number of nitrogens with two attached hydrogens (primary N) is 1. The van der Waals surface area contributed by atoms with E-state index in [0.29, 0.717) is 17.8 Å². The highest BCUT2D eigenvalue weighted by Gasteiger charge is 2.54. The number of nitrogens with zero attached hydrogens (tertiary/aromatic N) is 3. The molecule has 1 aliphatic heterocycles. The van der Waals surface area contributed by atoms with Crippen LogP contribution in [0.3, 0.4) is 0 Å². The molecule has 2 aromatic heterocycles. The number of hydrogen-bond acceptors (Lipinski definition) is 13. The number of aliphatic hydroxyl groups is 2.